The van der Waals surface area contributed by atoms with Gasteiger partial charge in [0.15, 0.2) is 0 Å². The van der Waals surface area contributed by atoms with E-state index in [-0.39, 0.29) is 18.6 Å². The van der Waals surface area contributed by atoms with Crippen molar-refractivity contribution in [3.63, 3.8) is 0 Å². The fourth-order valence-corrected chi connectivity index (χ4v) is 3.93. The lowest BCUT2D eigenvalue weighted by atomic mass is 10.0. The monoisotopic (exact) mass is 410 g/mol. The van der Waals surface area contributed by atoms with Crippen molar-refractivity contribution < 1.29 is 14.3 Å². The van der Waals surface area contributed by atoms with E-state index in [1.165, 1.54) is 0 Å². The van der Waals surface area contributed by atoms with Gasteiger partial charge in [0.2, 0.25) is 0 Å². The Morgan fingerprint density at radius 2 is 1.84 bits per heavy atom. The normalized spacial score (nSPS) is 12.3. The van der Waals surface area contributed by atoms with E-state index < -0.39 is 0 Å². The quantitative estimate of drug-likeness (QED) is 0.372. The standard InChI is InChI=1S/C26H22N2O3/c29-16-21(13-20-15-27-23-10-3-2-9-22(20)23)28-26(30)19-8-5-7-17(12-19)25-14-18-6-1-4-11-24(18)31-25/h1-12,14-15,21,27,29H,13,16H2,(H,28,30)/t21-/m1/s1. The Labute approximate surface area is 179 Å². The number of benzene rings is 3. The van der Waals surface area contributed by atoms with Crippen molar-refractivity contribution in [1.82, 2.24) is 10.3 Å². The number of para-hydroxylation sites is 2. The fraction of sp³-hybridized carbons (Fsp3) is 0.115. The van der Waals surface area contributed by atoms with Gasteiger partial charge in [-0.2, -0.15) is 0 Å². The summed E-state index contributed by atoms with van der Waals surface area (Å²) in [4.78, 5) is 16.1. The van der Waals surface area contributed by atoms with Crippen LogP contribution < -0.4 is 5.32 Å². The van der Waals surface area contributed by atoms with Gasteiger partial charge in [-0.25, -0.2) is 0 Å². The van der Waals surface area contributed by atoms with E-state index in [9.17, 15) is 9.90 Å². The summed E-state index contributed by atoms with van der Waals surface area (Å²) < 4.78 is 5.93. The summed E-state index contributed by atoms with van der Waals surface area (Å²) in [5, 5.41) is 14.9. The lowest BCUT2D eigenvalue weighted by Crippen LogP contribution is -2.39. The zero-order chi connectivity index (χ0) is 21.2. The molecule has 5 aromatic rings. The maximum absolute atomic E-state index is 12.9. The number of aliphatic hydroxyl groups excluding tert-OH is 1. The molecule has 0 aliphatic rings. The maximum Gasteiger partial charge on any atom is 0.251 e. The molecule has 154 valence electrons. The molecule has 0 bridgehead atoms. The summed E-state index contributed by atoms with van der Waals surface area (Å²) in [5.74, 6) is 0.491. The molecule has 0 spiro atoms. The molecule has 0 aliphatic heterocycles. The van der Waals surface area contributed by atoms with Gasteiger partial charge in [-0.15, -0.1) is 0 Å². The lowest BCUT2D eigenvalue weighted by molar-refractivity contribution is 0.0916. The molecular formula is C26H22N2O3. The van der Waals surface area contributed by atoms with Crippen molar-refractivity contribution in [2.24, 2.45) is 0 Å². The van der Waals surface area contributed by atoms with Crippen LogP contribution in [0.15, 0.2) is 89.5 Å². The number of carbonyl (C=O) groups is 1. The van der Waals surface area contributed by atoms with Crippen LogP contribution in [0.5, 0.6) is 0 Å². The van der Waals surface area contributed by atoms with E-state index in [0.29, 0.717) is 17.7 Å². The number of rotatable bonds is 6. The predicted molar refractivity (Wildman–Crippen MR) is 122 cm³/mol. The number of H-pyrrole nitrogens is 1. The van der Waals surface area contributed by atoms with Crippen LogP contribution in [0.2, 0.25) is 0 Å². The minimum atomic E-state index is -0.387. The van der Waals surface area contributed by atoms with Gasteiger partial charge in [-0.1, -0.05) is 48.5 Å². The van der Waals surface area contributed by atoms with Crippen LogP contribution in [0, 0.1) is 0 Å². The Balaban J connectivity index is 1.35. The van der Waals surface area contributed by atoms with Gasteiger partial charge in [-0.3, -0.25) is 4.79 Å². The maximum atomic E-state index is 12.9. The summed E-state index contributed by atoms with van der Waals surface area (Å²) in [5.41, 5.74) is 4.27. The second-order valence-corrected chi connectivity index (χ2v) is 7.65. The summed E-state index contributed by atoms with van der Waals surface area (Å²) >= 11 is 0. The largest absolute Gasteiger partial charge is 0.456 e. The van der Waals surface area contributed by atoms with Crippen LogP contribution in [0.1, 0.15) is 15.9 Å². The minimum absolute atomic E-state index is 0.144. The predicted octanol–water partition coefficient (Wildman–Crippen LogP) is 4.91. The molecule has 0 fully saturated rings. The smallest absolute Gasteiger partial charge is 0.251 e. The summed E-state index contributed by atoms with van der Waals surface area (Å²) in [7, 11) is 0. The third kappa shape index (κ3) is 3.83. The summed E-state index contributed by atoms with van der Waals surface area (Å²) in [6.07, 6.45) is 2.47. The first-order valence-corrected chi connectivity index (χ1v) is 10.3. The van der Waals surface area contributed by atoms with Gasteiger partial charge in [0.25, 0.3) is 5.91 Å². The summed E-state index contributed by atoms with van der Waals surface area (Å²) in [6, 6.07) is 24.7. The molecule has 0 radical (unpaired) electrons. The first-order valence-electron chi connectivity index (χ1n) is 10.3. The van der Waals surface area contributed by atoms with Gasteiger partial charge in [0.1, 0.15) is 11.3 Å². The van der Waals surface area contributed by atoms with E-state index in [0.717, 1.165) is 33.0 Å². The van der Waals surface area contributed by atoms with Crippen molar-refractivity contribution in [3.8, 4) is 11.3 Å². The molecule has 3 aromatic carbocycles. The van der Waals surface area contributed by atoms with Crippen LogP contribution in [0.4, 0.5) is 0 Å². The number of fused-ring (bicyclic) bond motifs is 2. The zero-order valence-corrected chi connectivity index (χ0v) is 16.8. The first-order chi connectivity index (χ1) is 15.2. The lowest BCUT2D eigenvalue weighted by Gasteiger charge is -2.16. The number of aromatic nitrogens is 1. The Hall–Kier alpha value is -3.83. The number of nitrogens with one attached hydrogen (secondary N) is 2. The van der Waals surface area contributed by atoms with Gasteiger partial charge < -0.3 is 19.8 Å². The Morgan fingerprint density at radius 1 is 1.00 bits per heavy atom. The highest BCUT2D eigenvalue weighted by molar-refractivity contribution is 5.96. The highest BCUT2D eigenvalue weighted by Gasteiger charge is 2.17. The highest BCUT2D eigenvalue weighted by atomic mass is 16.3. The number of carbonyl (C=O) groups excluding carboxylic acids is 1. The Kier molecular flexibility index (Phi) is 5.02. The number of hydrogen-bond donors (Lipinski definition) is 3. The van der Waals surface area contributed by atoms with Gasteiger partial charge in [0, 0.05) is 33.6 Å². The molecule has 1 amide bonds. The van der Waals surface area contributed by atoms with Crippen molar-refractivity contribution in [2.45, 2.75) is 12.5 Å². The van der Waals surface area contributed by atoms with Crippen LogP contribution >= 0.6 is 0 Å². The molecule has 5 heteroatoms. The fourth-order valence-electron chi connectivity index (χ4n) is 3.93. The van der Waals surface area contributed by atoms with Crippen molar-refractivity contribution >= 4 is 27.8 Å². The number of furan rings is 1. The van der Waals surface area contributed by atoms with Crippen molar-refractivity contribution in [2.75, 3.05) is 6.61 Å². The van der Waals surface area contributed by atoms with E-state index in [1.807, 2.05) is 79.0 Å². The third-order valence-electron chi connectivity index (χ3n) is 5.53. The Bertz CT molecular complexity index is 1330. The number of amides is 1. The van der Waals surface area contributed by atoms with Gasteiger partial charge in [0.05, 0.1) is 12.6 Å². The minimum Gasteiger partial charge on any atom is -0.456 e. The number of aromatic amines is 1. The van der Waals surface area contributed by atoms with Crippen LogP contribution in [-0.4, -0.2) is 28.6 Å². The number of hydrogen-bond acceptors (Lipinski definition) is 3. The van der Waals surface area contributed by atoms with Gasteiger partial charge >= 0.3 is 0 Å². The molecule has 0 aliphatic carbocycles. The van der Waals surface area contributed by atoms with Crippen molar-refractivity contribution in [1.29, 1.82) is 0 Å². The highest BCUT2D eigenvalue weighted by Crippen LogP contribution is 2.28. The van der Waals surface area contributed by atoms with Crippen LogP contribution in [-0.2, 0) is 6.42 Å². The van der Waals surface area contributed by atoms with Crippen LogP contribution in [0.3, 0.4) is 0 Å². The van der Waals surface area contributed by atoms with Crippen LogP contribution in [0.25, 0.3) is 33.2 Å². The molecule has 1 atom stereocenters. The van der Waals surface area contributed by atoms with Crippen molar-refractivity contribution in [3.05, 3.63) is 96.2 Å². The van der Waals surface area contributed by atoms with E-state index in [1.54, 1.807) is 6.07 Å². The van der Waals surface area contributed by atoms with E-state index >= 15 is 0 Å². The molecule has 0 saturated heterocycles. The van der Waals surface area contributed by atoms with Gasteiger partial charge in [-0.05, 0) is 42.3 Å². The topological polar surface area (TPSA) is 78.3 Å². The third-order valence-corrected chi connectivity index (χ3v) is 5.53. The Morgan fingerprint density at radius 3 is 2.71 bits per heavy atom. The molecule has 31 heavy (non-hydrogen) atoms. The average molecular weight is 410 g/mol. The average Bonchev–Trinajstić information content (AvgIpc) is 3.43. The molecule has 2 aromatic heterocycles. The molecule has 5 nitrogen and oxygen atoms in total. The van der Waals surface area contributed by atoms with E-state index in [2.05, 4.69) is 10.3 Å². The second kappa shape index (κ2) is 8.13. The SMILES string of the molecule is O=C(N[C@@H](CO)Cc1c[nH]c2ccccc12)c1cccc(-c2cc3ccccc3o2)c1. The molecule has 0 unspecified atom stereocenters. The summed E-state index contributed by atoms with van der Waals surface area (Å²) in [6.45, 7) is -0.144. The van der Waals surface area contributed by atoms with E-state index in [4.69, 9.17) is 4.42 Å². The molecule has 2 heterocycles. The molecule has 5 rings (SSSR count). The second-order valence-electron chi connectivity index (χ2n) is 7.65. The molecule has 3 N–H and O–H groups in total. The molecule has 0 saturated carbocycles. The first kappa shape index (κ1) is 19.2. The molecular weight excluding hydrogens is 388 g/mol. The number of aliphatic hydroxyl groups is 1. The zero-order valence-electron chi connectivity index (χ0n) is 16.8.